The average molecular weight is 428 g/mol. The van der Waals surface area contributed by atoms with Crippen LogP contribution in [0.3, 0.4) is 0 Å². The van der Waals surface area contributed by atoms with Gasteiger partial charge in [-0.2, -0.15) is 13.2 Å². The summed E-state index contributed by atoms with van der Waals surface area (Å²) in [5.41, 5.74) is 1.29. The van der Waals surface area contributed by atoms with E-state index in [1.54, 1.807) is 24.5 Å². The number of aromatic nitrogens is 3. The van der Waals surface area contributed by atoms with Crippen LogP contribution in [0.5, 0.6) is 0 Å². The molecular formula is C16H11F3N4O3S2. The van der Waals surface area contributed by atoms with E-state index in [4.69, 9.17) is 0 Å². The molecule has 0 aliphatic carbocycles. The molecular weight excluding hydrogens is 417 g/mol. The Kier molecular flexibility index (Phi) is 4.48. The van der Waals surface area contributed by atoms with Crippen molar-refractivity contribution in [3.63, 3.8) is 0 Å². The first kappa shape index (κ1) is 18.7. The number of sulfonamides is 1. The minimum Gasteiger partial charge on any atom is -0.351 e. The lowest BCUT2D eigenvalue weighted by Gasteiger charge is -2.06. The number of aromatic amines is 1. The van der Waals surface area contributed by atoms with E-state index < -0.39 is 22.0 Å². The Labute approximate surface area is 160 Å². The third kappa shape index (κ3) is 3.53. The first-order chi connectivity index (χ1) is 13.2. The van der Waals surface area contributed by atoms with E-state index in [9.17, 15) is 21.6 Å². The second-order valence-corrected chi connectivity index (χ2v) is 8.80. The molecule has 28 heavy (non-hydrogen) atoms. The van der Waals surface area contributed by atoms with Crippen LogP contribution in [-0.2, 0) is 22.7 Å². The Morgan fingerprint density at radius 1 is 1.21 bits per heavy atom. The Hall–Kier alpha value is -2.70. The molecule has 0 radical (unpaired) electrons. The zero-order chi connectivity index (χ0) is 19.9. The number of halogens is 3. The fourth-order valence-corrected chi connectivity index (χ4v) is 4.85. The lowest BCUT2D eigenvalue weighted by atomic mass is 10.2. The molecule has 4 rings (SSSR count). The first-order valence-electron chi connectivity index (χ1n) is 7.79. The minimum atomic E-state index is -4.66. The lowest BCUT2D eigenvalue weighted by Crippen LogP contribution is -2.22. The summed E-state index contributed by atoms with van der Waals surface area (Å²) in [5.74, 6) is -1.24. The highest BCUT2D eigenvalue weighted by Crippen LogP contribution is 2.35. The molecule has 0 amide bonds. The molecule has 0 aromatic carbocycles. The standard InChI is InChI=1S/C16H11F3N4O3S2/c17-16(18,19)13-7-11(23-26-13)12-1-2-14(27-12)28(24,25)22-8-9-3-5-20-15-10(9)4-6-21-15/h1-7,22H,8H2,(H,20,21). The van der Waals surface area contributed by atoms with Crippen molar-refractivity contribution in [3.8, 4) is 10.6 Å². The van der Waals surface area contributed by atoms with Crippen LogP contribution < -0.4 is 4.72 Å². The molecule has 146 valence electrons. The van der Waals surface area contributed by atoms with Crippen molar-refractivity contribution in [2.75, 3.05) is 0 Å². The van der Waals surface area contributed by atoms with Crippen LogP contribution in [0.2, 0.25) is 0 Å². The SMILES string of the molecule is O=S(=O)(NCc1ccnc2[nH]ccc12)c1ccc(-c2cc(C(F)(F)F)on2)s1. The quantitative estimate of drug-likeness (QED) is 0.504. The van der Waals surface area contributed by atoms with Crippen molar-refractivity contribution >= 4 is 32.4 Å². The van der Waals surface area contributed by atoms with Gasteiger partial charge in [-0.3, -0.25) is 0 Å². The maximum absolute atomic E-state index is 12.6. The third-order valence-corrected chi connectivity index (χ3v) is 6.89. The molecule has 0 atom stereocenters. The molecule has 4 aromatic rings. The first-order valence-corrected chi connectivity index (χ1v) is 10.1. The lowest BCUT2D eigenvalue weighted by molar-refractivity contribution is -0.155. The summed E-state index contributed by atoms with van der Waals surface area (Å²) in [4.78, 5) is 7.32. The number of nitrogens with zero attached hydrogens (tertiary/aromatic N) is 2. The van der Waals surface area contributed by atoms with Crippen molar-refractivity contribution in [2.24, 2.45) is 0 Å². The number of rotatable bonds is 5. The summed E-state index contributed by atoms with van der Waals surface area (Å²) in [5, 5.41) is 4.15. The van der Waals surface area contributed by atoms with E-state index in [1.807, 2.05) is 0 Å². The van der Waals surface area contributed by atoms with Gasteiger partial charge in [0.1, 0.15) is 15.6 Å². The second-order valence-electron chi connectivity index (χ2n) is 5.73. The van der Waals surface area contributed by atoms with E-state index >= 15 is 0 Å². The fraction of sp³-hybridized carbons (Fsp3) is 0.125. The van der Waals surface area contributed by atoms with Gasteiger partial charge in [0.25, 0.3) is 0 Å². The van der Waals surface area contributed by atoms with Gasteiger partial charge in [-0.05, 0) is 29.8 Å². The van der Waals surface area contributed by atoms with Gasteiger partial charge in [-0.25, -0.2) is 18.1 Å². The van der Waals surface area contributed by atoms with Crippen LogP contribution in [0.15, 0.2) is 51.5 Å². The Morgan fingerprint density at radius 2 is 2.04 bits per heavy atom. The van der Waals surface area contributed by atoms with Crippen LogP contribution in [0.25, 0.3) is 21.6 Å². The summed E-state index contributed by atoms with van der Waals surface area (Å²) in [6.45, 7) is 0.0363. The number of hydrogen-bond acceptors (Lipinski definition) is 6. The van der Waals surface area contributed by atoms with Crippen LogP contribution >= 0.6 is 11.3 Å². The summed E-state index contributed by atoms with van der Waals surface area (Å²) in [7, 11) is -3.86. The largest absolute Gasteiger partial charge is 0.452 e. The molecule has 0 saturated heterocycles. The van der Waals surface area contributed by atoms with Gasteiger partial charge < -0.3 is 9.51 Å². The highest BCUT2D eigenvalue weighted by atomic mass is 32.2. The van der Waals surface area contributed by atoms with E-state index in [0.717, 1.165) is 28.4 Å². The molecule has 0 bridgehead atoms. The zero-order valence-electron chi connectivity index (χ0n) is 13.8. The second kappa shape index (κ2) is 6.72. The highest BCUT2D eigenvalue weighted by molar-refractivity contribution is 7.91. The van der Waals surface area contributed by atoms with Gasteiger partial charge in [0.15, 0.2) is 0 Å². The fourth-order valence-electron chi connectivity index (χ4n) is 2.54. The summed E-state index contributed by atoms with van der Waals surface area (Å²) < 4.78 is 69.7. The average Bonchev–Trinajstić information content (AvgIpc) is 3.38. The molecule has 0 aliphatic rings. The number of fused-ring (bicyclic) bond motifs is 1. The van der Waals surface area contributed by atoms with E-state index in [0.29, 0.717) is 5.65 Å². The van der Waals surface area contributed by atoms with E-state index in [1.165, 1.54) is 12.1 Å². The summed E-state index contributed by atoms with van der Waals surface area (Å²) in [6.07, 6.45) is -1.39. The summed E-state index contributed by atoms with van der Waals surface area (Å²) >= 11 is 0.798. The van der Waals surface area contributed by atoms with Crippen LogP contribution in [0.4, 0.5) is 13.2 Å². The molecule has 0 aliphatic heterocycles. The predicted octanol–water partition coefficient (Wildman–Crippen LogP) is 3.78. The normalized spacial score (nSPS) is 12.7. The van der Waals surface area contributed by atoms with Gasteiger partial charge in [-0.15, -0.1) is 11.3 Å². The molecule has 2 N–H and O–H groups in total. The van der Waals surface area contributed by atoms with Crippen LogP contribution in [-0.4, -0.2) is 23.5 Å². The number of hydrogen-bond donors (Lipinski definition) is 2. The van der Waals surface area contributed by atoms with Crippen molar-refractivity contribution in [1.29, 1.82) is 0 Å². The zero-order valence-corrected chi connectivity index (χ0v) is 15.5. The number of alkyl halides is 3. The summed E-state index contributed by atoms with van der Waals surface area (Å²) in [6, 6.07) is 6.91. The van der Waals surface area contributed by atoms with Gasteiger partial charge >= 0.3 is 6.18 Å². The predicted molar refractivity (Wildman–Crippen MR) is 94.9 cm³/mol. The maximum atomic E-state index is 12.6. The number of thiophene rings is 1. The van der Waals surface area contributed by atoms with Gasteiger partial charge in [0, 0.05) is 30.4 Å². The van der Waals surface area contributed by atoms with E-state index in [2.05, 4.69) is 24.4 Å². The van der Waals surface area contributed by atoms with E-state index in [-0.39, 0.29) is 21.3 Å². The van der Waals surface area contributed by atoms with Gasteiger partial charge in [0.2, 0.25) is 15.8 Å². The highest BCUT2D eigenvalue weighted by Gasteiger charge is 2.36. The number of nitrogens with one attached hydrogen (secondary N) is 2. The molecule has 0 fully saturated rings. The van der Waals surface area contributed by atoms with Crippen LogP contribution in [0, 0.1) is 0 Å². The topological polar surface area (TPSA) is 101 Å². The molecule has 0 saturated carbocycles. The Bertz CT molecular complexity index is 1240. The van der Waals surface area contributed by atoms with Gasteiger partial charge in [-0.1, -0.05) is 5.16 Å². The Morgan fingerprint density at radius 3 is 2.79 bits per heavy atom. The third-order valence-electron chi connectivity index (χ3n) is 3.89. The van der Waals surface area contributed by atoms with Crippen molar-refractivity contribution in [2.45, 2.75) is 16.9 Å². The molecule has 7 nitrogen and oxygen atoms in total. The molecule has 0 spiro atoms. The van der Waals surface area contributed by atoms with Gasteiger partial charge in [0.05, 0.1) is 4.88 Å². The number of pyridine rings is 1. The Balaban J connectivity index is 1.54. The monoisotopic (exact) mass is 428 g/mol. The molecule has 4 aromatic heterocycles. The molecule has 0 unspecified atom stereocenters. The van der Waals surface area contributed by atoms with Crippen molar-refractivity contribution in [1.82, 2.24) is 19.8 Å². The maximum Gasteiger partial charge on any atom is 0.452 e. The molecule has 4 heterocycles. The smallest absolute Gasteiger partial charge is 0.351 e. The minimum absolute atomic E-state index is 0.0363. The van der Waals surface area contributed by atoms with Crippen molar-refractivity contribution in [3.05, 3.63) is 54.0 Å². The van der Waals surface area contributed by atoms with Crippen LogP contribution in [0.1, 0.15) is 11.3 Å². The molecule has 12 heteroatoms. The van der Waals surface area contributed by atoms with Crippen molar-refractivity contribution < 1.29 is 26.1 Å². The number of H-pyrrole nitrogens is 1.